The number of carbonyl (C=O) groups excluding carboxylic acids is 1. The van der Waals surface area contributed by atoms with Crippen LogP contribution in [0.3, 0.4) is 0 Å². The minimum atomic E-state index is -4.78. The summed E-state index contributed by atoms with van der Waals surface area (Å²) in [7, 11) is 0. The van der Waals surface area contributed by atoms with Crippen LogP contribution in [0.2, 0.25) is 0 Å². The molecular formula is C24H20F5N3O4. The number of anilines is 3. The number of nitrogens with zero attached hydrogens (tertiary/aromatic N) is 2. The fourth-order valence-electron chi connectivity index (χ4n) is 3.67. The van der Waals surface area contributed by atoms with Crippen LogP contribution < -0.4 is 19.7 Å². The van der Waals surface area contributed by atoms with E-state index in [9.17, 15) is 31.9 Å². The van der Waals surface area contributed by atoms with Gasteiger partial charge in [-0.3, -0.25) is 4.79 Å². The number of carbonyl (C=O) groups is 1. The van der Waals surface area contributed by atoms with Gasteiger partial charge in [-0.05, 0) is 30.7 Å². The van der Waals surface area contributed by atoms with Crippen molar-refractivity contribution in [3.63, 3.8) is 0 Å². The van der Waals surface area contributed by atoms with Crippen molar-refractivity contribution >= 4 is 23.1 Å². The van der Waals surface area contributed by atoms with E-state index in [4.69, 9.17) is 4.74 Å². The fourth-order valence-corrected chi connectivity index (χ4v) is 3.67. The Morgan fingerprint density at radius 3 is 2.56 bits per heavy atom. The van der Waals surface area contributed by atoms with E-state index in [2.05, 4.69) is 15.0 Å². The summed E-state index contributed by atoms with van der Waals surface area (Å²) in [5.41, 5.74) is 1.06. The first kappa shape index (κ1) is 25.2. The van der Waals surface area contributed by atoms with Crippen LogP contribution in [0.1, 0.15) is 15.9 Å². The van der Waals surface area contributed by atoms with Gasteiger partial charge in [0.15, 0.2) is 29.7 Å². The summed E-state index contributed by atoms with van der Waals surface area (Å²) >= 11 is 0. The first-order chi connectivity index (χ1) is 17.1. The Bertz CT molecular complexity index is 1240. The van der Waals surface area contributed by atoms with Gasteiger partial charge in [0.25, 0.3) is 5.91 Å². The van der Waals surface area contributed by atoms with Crippen LogP contribution in [-0.2, 0) is 0 Å². The molecule has 0 fully saturated rings. The highest BCUT2D eigenvalue weighted by Gasteiger charge is 2.33. The summed E-state index contributed by atoms with van der Waals surface area (Å²) in [6.07, 6.45) is -3.13. The maximum atomic E-state index is 14.2. The number of amides is 1. The third-order valence-corrected chi connectivity index (χ3v) is 5.27. The van der Waals surface area contributed by atoms with Crippen LogP contribution in [-0.4, -0.2) is 48.0 Å². The molecule has 1 aliphatic rings. The number of aliphatic hydroxyl groups is 1. The molecule has 2 N–H and O–H groups in total. The third-order valence-electron chi connectivity index (χ3n) is 5.27. The van der Waals surface area contributed by atoms with Crippen LogP contribution in [0.5, 0.6) is 11.5 Å². The van der Waals surface area contributed by atoms with Crippen molar-refractivity contribution in [2.45, 2.75) is 19.1 Å². The standard InChI is InChI=1S/C24H20F5N3O4/c1-13-5-6-20(30-9-13)32-15(10-33)11-35-21-16(3-2-4-19(21)32)23(34)31-14-7-17(25)22(18(26)8-14)36-12-24(27,28)29/h2-9,15,33H,10-12H2,1H3,(H,31,34). The summed E-state index contributed by atoms with van der Waals surface area (Å²) in [6, 6.07) is 9.07. The Kier molecular flexibility index (Phi) is 6.97. The second-order valence-electron chi connectivity index (χ2n) is 7.99. The molecule has 0 spiro atoms. The molecule has 7 nitrogen and oxygen atoms in total. The molecule has 0 radical (unpaired) electrons. The second-order valence-corrected chi connectivity index (χ2v) is 7.99. The number of aromatic nitrogens is 1. The van der Waals surface area contributed by atoms with Gasteiger partial charge in [0, 0.05) is 24.0 Å². The highest BCUT2D eigenvalue weighted by atomic mass is 19.4. The molecule has 2 aromatic carbocycles. The average molecular weight is 509 g/mol. The lowest BCUT2D eigenvalue weighted by Gasteiger charge is -2.37. The number of aliphatic hydroxyl groups excluding tert-OH is 1. The lowest BCUT2D eigenvalue weighted by atomic mass is 10.1. The molecule has 4 rings (SSSR count). The molecule has 36 heavy (non-hydrogen) atoms. The Balaban J connectivity index is 1.62. The molecule has 0 saturated carbocycles. The third kappa shape index (κ3) is 5.33. The van der Waals surface area contributed by atoms with E-state index in [1.54, 1.807) is 29.3 Å². The summed E-state index contributed by atoms with van der Waals surface area (Å²) in [5.74, 6) is -4.14. The highest BCUT2D eigenvalue weighted by Crippen LogP contribution is 2.41. The molecule has 1 amide bonds. The lowest BCUT2D eigenvalue weighted by Crippen LogP contribution is -2.43. The molecule has 1 atom stereocenters. The molecule has 1 aliphatic heterocycles. The van der Waals surface area contributed by atoms with Crippen molar-refractivity contribution in [1.82, 2.24) is 4.98 Å². The quantitative estimate of drug-likeness (QED) is 0.467. The van der Waals surface area contributed by atoms with E-state index in [-0.39, 0.29) is 30.2 Å². The number of para-hydroxylation sites is 1. The van der Waals surface area contributed by atoms with Gasteiger partial charge in [-0.15, -0.1) is 0 Å². The van der Waals surface area contributed by atoms with Crippen molar-refractivity contribution < 1.29 is 41.3 Å². The zero-order chi connectivity index (χ0) is 26.0. The average Bonchev–Trinajstić information content (AvgIpc) is 2.82. The van der Waals surface area contributed by atoms with Gasteiger partial charge in [0.2, 0.25) is 0 Å². The maximum absolute atomic E-state index is 14.2. The number of hydrogen-bond acceptors (Lipinski definition) is 6. The number of halogens is 5. The number of fused-ring (bicyclic) bond motifs is 1. The number of pyridine rings is 1. The molecule has 0 saturated heterocycles. The summed E-state index contributed by atoms with van der Waals surface area (Å²) in [6.45, 7) is -0.234. The number of benzene rings is 2. The first-order valence-corrected chi connectivity index (χ1v) is 10.7. The minimum absolute atomic E-state index is 0.0256. The van der Waals surface area contributed by atoms with Gasteiger partial charge in [0.1, 0.15) is 12.4 Å². The largest absolute Gasteiger partial charge is 0.488 e. The summed E-state index contributed by atoms with van der Waals surface area (Å²) < 4.78 is 75.3. The number of rotatable bonds is 6. The fraction of sp³-hybridized carbons (Fsp3) is 0.250. The molecule has 1 unspecified atom stereocenters. The summed E-state index contributed by atoms with van der Waals surface area (Å²) in [4.78, 5) is 19.1. The molecule has 190 valence electrons. The number of nitrogens with one attached hydrogen (secondary N) is 1. The van der Waals surface area contributed by atoms with Crippen molar-refractivity contribution in [2.75, 3.05) is 30.0 Å². The Morgan fingerprint density at radius 1 is 1.22 bits per heavy atom. The highest BCUT2D eigenvalue weighted by molar-refractivity contribution is 6.07. The van der Waals surface area contributed by atoms with Crippen LogP contribution in [0.25, 0.3) is 0 Å². The Hall–Kier alpha value is -3.93. The van der Waals surface area contributed by atoms with E-state index in [0.29, 0.717) is 23.6 Å². The molecule has 3 aromatic rings. The van der Waals surface area contributed by atoms with Crippen molar-refractivity contribution in [2.24, 2.45) is 0 Å². The second kappa shape index (κ2) is 9.97. The molecule has 12 heteroatoms. The van der Waals surface area contributed by atoms with Crippen LogP contribution in [0.15, 0.2) is 48.7 Å². The van der Waals surface area contributed by atoms with Gasteiger partial charge >= 0.3 is 6.18 Å². The zero-order valence-corrected chi connectivity index (χ0v) is 18.8. The molecular weight excluding hydrogens is 489 g/mol. The molecule has 2 heterocycles. The van der Waals surface area contributed by atoms with Gasteiger partial charge in [-0.25, -0.2) is 13.8 Å². The van der Waals surface area contributed by atoms with E-state index < -0.39 is 42.1 Å². The molecule has 0 aliphatic carbocycles. The van der Waals surface area contributed by atoms with E-state index >= 15 is 0 Å². The normalized spacial score (nSPS) is 15.2. The van der Waals surface area contributed by atoms with Crippen LogP contribution in [0.4, 0.5) is 39.1 Å². The van der Waals surface area contributed by atoms with E-state index in [1.807, 2.05) is 13.0 Å². The van der Waals surface area contributed by atoms with Crippen LogP contribution >= 0.6 is 0 Å². The molecule has 0 bridgehead atoms. The zero-order valence-electron chi connectivity index (χ0n) is 18.8. The maximum Gasteiger partial charge on any atom is 0.422 e. The SMILES string of the molecule is Cc1ccc(N2c3cccc(C(=O)Nc4cc(F)c(OCC(F)(F)F)c(F)c4)c3OCC2CO)nc1. The lowest BCUT2D eigenvalue weighted by molar-refractivity contribution is -0.154. The number of alkyl halides is 3. The van der Waals surface area contributed by atoms with Gasteiger partial charge < -0.3 is 24.8 Å². The Labute approximate surface area is 202 Å². The molecule has 1 aromatic heterocycles. The minimum Gasteiger partial charge on any atom is -0.488 e. The van der Waals surface area contributed by atoms with Crippen LogP contribution in [0, 0.1) is 18.6 Å². The van der Waals surface area contributed by atoms with Crippen molar-refractivity contribution in [1.29, 1.82) is 0 Å². The number of aryl methyl sites for hydroxylation is 1. The van der Waals surface area contributed by atoms with Gasteiger partial charge in [0.05, 0.1) is 23.9 Å². The Morgan fingerprint density at radius 2 is 1.94 bits per heavy atom. The number of hydrogen-bond donors (Lipinski definition) is 2. The first-order valence-electron chi connectivity index (χ1n) is 10.7. The smallest absolute Gasteiger partial charge is 0.422 e. The van der Waals surface area contributed by atoms with E-state index in [1.165, 1.54) is 6.07 Å². The predicted molar refractivity (Wildman–Crippen MR) is 120 cm³/mol. The summed E-state index contributed by atoms with van der Waals surface area (Å²) in [5, 5.41) is 12.2. The van der Waals surface area contributed by atoms with Gasteiger partial charge in [-0.2, -0.15) is 13.2 Å². The van der Waals surface area contributed by atoms with E-state index in [0.717, 1.165) is 5.56 Å². The monoisotopic (exact) mass is 509 g/mol. The van der Waals surface area contributed by atoms with Gasteiger partial charge in [-0.1, -0.05) is 12.1 Å². The predicted octanol–water partition coefficient (Wildman–Crippen LogP) is 4.75. The number of ether oxygens (including phenoxy) is 2. The van der Waals surface area contributed by atoms with Crippen molar-refractivity contribution in [3.05, 3.63) is 71.4 Å². The topological polar surface area (TPSA) is 83.9 Å². The van der Waals surface area contributed by atoms with Crippen molar-refractivity contribution in [3.8, 4) is 11.5 Å².